The highest BCUT2D eigenvalue weighted by Gasteiger charge is 2.03. The summed E-state index contributed by atoms with van der Waals surface area (Å²) in [4.78, 5) is 10.3. The van der Waals surface area contributed by atoms with Crippen LogP contribution in [-0.4, -0.2) is 45.7 Å². The van der Waals surface area contributed by atoms with E-state index in [1.807, 2.05) is 0 Å². The first-order valence-corrected chi connectivity index (χ1v) is 10.2. The van der Waals surface area contributed by atoms with E-state index in [2.05, 4.69) is 6.92 Å². The van der Waals surface area contributed by atoms with Crippen molar-refractivity contribution in [3.05, 3.63) is 0 Å². The number of carboxylic acid groups (broad SMARTS) is 1. The van der Waals surface area contributed by atoms with Crippen LogP contribution in [0, 0.1) is 0 Å². The van der Waals surface area contributed by atoms with Gasteiger partial charge in [-0.1, -0.05) is 77.6 Å². The Morgan fingerprint density at radius 3 is 1.52 bits per heavy atom. The number of aliphatic carboxylic acids is 1. The van der Waals surface area contributed by atoms with Crippen molar-refractivity contribution < 1.29 is 25.2 Å². The predicted molar refractivity (Wildman–Crippen MR) is 103 cm³/mol. The van der Waals surface area contributed by atoms with E-state index in [0.717, 1.165) is 38.5 Å². The number of unbranched alkanes of at least 4 members (excludes halogenated alkanes) is 10. The molecule has 0 saturated carbocycles. The molecule has 0 amide bonds. The Hall–Kier alpha value is -0.650. The normalized spacial score (nSPS) is 11.7. The lowest BCUT2D eigenvalue weighted by atomic mass is 10.0. The number of hydrogen-bond donors (Lipinski definition) is 4. The topological polar surface area (TPSA) is 98.0 Å². The van der Waals surface area contributed by atoms with Gasteiger partial charge in [0.2, 0.25) is 0 Å². The number of aliphatic hydroxyl groups excluding tert-OH is 3. The molecule has 5 nitrogen and oxygen atoms in total. The summed E-state index contributed by atoms with van der Waals surface area (Å²) < 4.78 is 0. The molecule has 0 saturated heterocycles. The van der Waals surface area contributed by atoms with E-state index in [1.54, 1.807) is 0 Å². The van der Waals surface area contributed by atoms with Crippen LogP contribution >= 0.6 is 0 Å². The van der Waals surface area contributed by atoms with Gasteiger partial charge in [-0.2, -0.15) is 0 Å². The van der Waals surface area contributed by atoms with Crippen molar-refractivity contribution in [1.29, 1.82) is 0 Å². The third kappa shape index (κ3) is 28.4. The molecule has 1 unspecified atom stereocenters. The molecular formula is C20H42O5. The molecule has 0 aliphatic rings. The summed E-state index contributed by atoms with van der Waals surface area (Å²) in [5, 5.41) is 33.7. The van der Waals surface area contributed by atoms with Crippen molar-refractivity contribution >= 4 is 5.97 Å². The minimum Gasteiger partial charge on any atom is -0.481 e. The van der Waals surface area contributed by atoms with E-state index < -0.39 is 5.97 Å². The summed E-state index contributed by atoms with van der Waals surface area (Å²) in [6, 6.07) is 0. The summed E-state index contributed by atoms with van der Waals surface area (Å²) in [5.41, 5.74) is 0. The molecule has 1 atom stereocenters. The molecule has 0 aromatic heterocycles. The van der Waals surface area contributed by atoms with Crippen LogP contribution < -0.4 is 0 Å². The van der Waals surface area contributed by atoms with Crippen molar-refractivity contribution in [3.8, 4) is 0 Å². The first-order chi connectivity index (χ1) is 12.1. The number of carbonyl (C=O) groups is 1. The lowest BCUT2D eigenvalue weighted by Crippen LogP contribution is -2.05. The second kappa shape index (κ2) is 23.4. The Morgan fingerprint density at radius 1 is 0.720 bits per heavy atom. The number of aliphatic hydroxyl groups is 3. The Labute approximate surface area is 154 Å². The molecule has 0 bridgehead atoms. The van der Waals surface area contributed by atoms with Crippen molar-refractivity contribution in [2.75, 3.05) is 13.2 Å². The van der Waals surface area contributed by atoms with Crippen LogP contribution in [0.5, 0.6) is 0 Å². The lowest BCUT2D eigenvalue weighted by Gasteiger charge is -2.10. The lowest BCUT2D eigenvalue weighted by molar-refractivity contribution is -0.137. The zero-order chi connectivity index (χ0) is 19.2. The summed E-state index contributed by atoms with van der Waals surface area (Å²) in [6.45, 7) is 1.98. The average molecular weight is 363 g/mol. The van der Waals surface area contributed by atoms with Crippen LogP contribution in [-0.2, 0) is 4.79 Å². The minimum atomic E-state index is -0.687. The van der Waals surface area contributed by atoms with E-state index in [9.17, 15) is 9.90 Å². The van der Waals surface area contributed by atoms with Gasteiger partial charge in [-0.3, -0.25) is 4.79 Å². The van der Waals surface area contributed by atoms with Crippen molar-refractivity contribution in [1.82, 2.24) is 0 Å². The van der Waals surface area contributed by atoms with Gasteiger partial charge in [-0.25, -0.2) is 0 Å². The second-order valence-corrected chi connectivity index (χ2v) is 6.71. The second-order valence-electron chi connectivity index (χ2n) is 6.71. The first kappa shape index (κ1) is 26.6. The number of rotatable bonds is 17. The van der Waals surface area contributed by atoms with Crippen LogP contribution in [0.4, 0.5) is 0 Å². The van der Waals surface area contributed by atoms with Crippen molar-refractivity contribution in [3.63, 3.8) is 0 Å². The molecule has 0 aromatic rings. The van der Waals surface area contributed by atoms with Crippen LogP contribution in [0.1, 0.15) is 103 Å². The van der Waals surface area contributed by atoms with Gasteiger partial charge in [0, 0.05) is 6.42 Å². The van der Waals surface area contributed by atoms with Gasteiger partial charge in [-0.05, 0) is 19.3 Å². The maximum atomic E-state index is 10.3. The number of carboxylic acids is 1. The molecule has 0 aliphatic carbocycles. The molecule has 0 aromatic carbocycles. The van der Waals surface area contributed by atoms with E-state index in [-0.39, 0.29) is 19.3 Å². The number of hydrogen-bond acceptors (Lipinski definition) is 4. The Balaban J connectivity index is 0. The Bertz CT molecular complexity index is 256. The van der Waals surface area contributed by atoms with Gasteiger partial charge in [0.1, 0.15) is 0 Å². The van der Waals surface area contributed by atoms with Gasteiger partial charge in [-0.15, -0.1) is 0 Å². The molecule has 152 valence electrons. The van der Waals surface area contributed by atoms with Crippen LogP contribution in [0.2, 0.25) is 0 Å². The molecule has 0 aliphatic heterocycles. The molecule has 0 rings (SSSR count). The SMILES string of the molecule is CCCCCCCCC(O)CCCCCCCCC(=O)O.OCCO. The highest BCUT2D eigenvalue weighted by atomic mass is 16.4. The molecule has 0 radical (unpaired) electrons. The third-order valence-electron chi connectivity index (χ3n) is 4.17. The van der Waals surface area contributed by atoms with Crippen LogP contribution in [0.15, 0.2) is 0 Å². The van der Waals surface area contributed by atoms with Gasteiger partial charge < -0.3 is 20.4 Å². The Morgan fingerprint density at radius 2 is 1.12 bits per heavy atom. The highest BCUT2D eigenvalue weighted by molar-refractivity contribution is 5.66. The smallest absolute Gasteiger partial charge is 0.303 e. The predicted octanol–water partition coefficient (Wildman–Crippen LogP) is 4.27. The fourth-order valence-corrected chi connectivity index (χ4v) is 2.67. The first-order valence-electron chi connectivity index (χ1n) is 10.2. The molecular weight excluding hydrogens is 320 g/mol. The average Bonchev–Trinajstić information content (AvgIpc) is 2.60. The monoisotopic (exact) mass is 362 g/mol. The zero-order valence-corrected chi connectivity index (χ0v) is 16.3. The third-order valence-corrected chi connectivity index (χ3v) is 4.17. The summed E-state index contributed by atoms with van der Waals surface area (Å²) in [5.74, 6) is -0.687. The van der Waals surface area contributed by atoms with Gasteiger partial charge in [0.15, 0.2) is 0 Å². The molecule has 25 heavy (non-hydrogen) atoms. The van der Waals surface area contributed by atoms with Gasteiger partial charge in [0.25, 0.3) is 0 Å². The van der Waals surface area contributed by atoms with E-state index in [0.29, 0.717) is 6.42 Å². The molecule has 0 heterocycles. The maximum Gasteiger partial charge on any atom is 0.303 e. The largest absolute Gasteiger partial charge is 0.481 e. The van der Waals surface area contributed by atoms with Gasteiger partial charge >= 0.3 is 5.97 Å². The molecule has 0 spiro atoms. The van der Waals surface area contributed by atoms with E-state index in [4.69, 9.17) is 15.3 Å². The minimum absolute atomic E-state index is 0.108. The fraction of sp³-hybridized carbons (Fsp3) is 0.950. The van der Waals surface area contributed by atoms with Crippen LogP contribution in [0.3, 0.4) is 0 Å². The van der Waals surface area contributed by atoms with Gasteiger partial charge in [0.05, 0.1) is 19.3 Å². The standard InChI is InChI=1S/C18H36O3.C2H6O2/c1-2-3-4-5-8-11-14-17(19)15-12-9-6-7-10-13-16-18(20)21;3-1-2-4/h17,19H,2-16H2,1H3,(H,20,21);3-4H,1-2H2. The summed E-state index contributed by atoms with van der Waals surface area (Å²) in [7, 11) is 0. The van der Waals surface area contributed by atoms with Crippen LogP contribution in [0.25, 0.3) is 0 Å². The molecule has 0 fully saturated rings. The van der Waals surface area contributed by atoms with E-state index in [1.165, 1.54) is 51.4 Å². The maximum absolute atomic E-state index is 10.3. The Kier molecular flexibility index (Phi) is 24.8. The van der Waals surface area contributed by atoms with Crippen molar-refractivity contribution in [2.24, 2.45) is 0 Å². The van der Waals surface area contributed by atoms with E-state index >= 15 is 0 Å². The molecule has 4 N–H and O–H groups in total. The zero-order valence-electron chi connectivity index (χ0n) is 16.3. The highest BCUT2D eigenvalue weighted by Crippen LogP contribution is 2.14. The summed E-state index contributed by atoms with van der Waals surface area (Å²) >= 11 is 0. The fourth-order valence-electron chi connectivity index (χ4n) is 2.67. The quantitative estimate of drug-likeness (QED) is 0.290. The van der Waals surface area contributed by atoms with Crippen molar-refractivity contribution in [2.45, 2.75) is 109 Å². The molecule has 5 heteroatoms. The summed E-state index contributed by atoms with van der Waals surface area (Å²) in [6.07, 6.45) is 16.2.